The van der Waals surface area contributed by atoms with E-state index in [2.05, 4.69) is 4.98 Å². The molecule has 23 heavy (non-hydrogen) atoms. The highest BCUT2D eigenvalue weighted by Gasteiger charge is 2.34. The van der Waals surface area contributed by atoms with Gasteiger partial charge in [-0.15, -0.1) is 0 Å². The van der Waals surface area contributed by atoms with Crippen molar-refractivity contribution in [3.63, 3.8) is 0 Å². The van der Waals surface area contributed by atoms with Crippen molar-refractivity contribution in [1.82, 2.24) is 14.3 Å². The predicted octanol–water partition coefficient (Wildman–Crippen LogP) is 2.86. The SMILES string of the molecule is Cc1cc(-c2ccccc2C)nc(C2CCCN2S(C)(=O)=O)n1. The fraction of sp³-hybridized carbons (Fsp3) is 0.412. The number of aromatic nitrogens is 2. The molecule has 1 atom stereocenters. The van der Waals surface area contributed by atoms with E-state index in [1.807, 2.05) is 44.2 Å². The first-order valence-electron chi connectivity index (χ1n) is 7.74. The van der Waals surface area contributed by atoms with Gasteiger partial charge in [-0.1, -0.05) is 24.3 Å². The molecular weight excluding hydrogens is 310 g/mol. The van der Waals surface area contributed by atoms with Crippen molar-refractivity contribution in [3.05, 3.63) is 47.4 Å². The van der Waals surface area contributed by atoms with Crippen LogP contribution in [0.1, 0.15) is 36.0 Å². The molecule has 6 heteroatoms. The molecule has 1 aromatic carbocycles. The summed E-state index contributed by atoms with van der Waals surface area (Å²) in [6.07, 6.45) is 2.86. The minimum absolute atomic E-state index is 0.257. The number of benzene rings is 1. The summed E-state index contributed by atoms with van der Waals surface area (Å²) >= 11 is 0. The average Bonchev–Trinajstić information content (AvgIpc) is 2.96. The summed E-state index contributed by atoms with van der Waals surface area (Å²) in [6, 6.07) is 9.75. The lowest BCUT2D eigenvalue weighted by molar-refractivity contribution is 0.386. The zero-order chi connectivity index (χ0) is 16.6. The van der Waals surface area contributed by atoms with Crippen LogP contribution >= 0.6 is 0 Å². The van der Waals surface area contributed by atoms with Crippen LogP contribution < -0.4 is 0 Å². The van der Waals surface area contributed by atoms with Crippen LogP contribution in [0, 0.1) is 13.8 Å². The fourth-order valence-electron chi connectivity index (χ4n) is 3.13. The quantitative estimate of drug-likeness (QED) is 0.867. The summed E-state index contributed by atoms with van der Waals surface area (Å²) in [7, 11) is -3.25. The highest BCUT2D eigenvalue weighted by molar-refractivity contribution is 7.88. The van der Waals surface area contributed by atoms with Gasteiger partial charge in [0.1, 0.15) is 5.82 Å². The number of hydrogen-bond acceptors (Lipinski definition) is 4. The van der Waals surface area contributed by atoms with Gasteiger partial charge in [0.2, 0.25) is 10.0 Å². The third kappa shape index (κ3) is 3.28. The Hall–Kier alpha value is -1.79. The lowest BCUT2D eigenvalue weighted by Crippen LogP contribution is -2.30. The van der Waals surface area contributed by atoms with Crippen LogP contribution in [0.2, 0.25) is 0 Å². The lowest BCUT2D eigenvalue weighted by atomic mass is 10.0. The van der Waals surface area contributed by atoms with Gasteiger partial charge in [-0.05, 0) is 38.3 Å². The van der Waals surface area contributed by atoms with Crippen LogP contribution in [-0.4, -0.2) is 35.5 Å². The van der Waals surface area contributed by atoms with Gasteiger partial charge in [0.25, 0.3) is 0 Å². The molecular formula is C17H21N3O2S. The molecule has 122 valence electrons. The smallest absolute Gasteiger partial charge is 0.211 e. The Morgan fingerprint density at radius 1 is 1.17 bits per heavy atom. The molecule has 1 aromatic heterocycles. The number of nitrogens with zero attached hydrogens (tertiary/aromatic N) is 3. The van der Waals surface area contributed by atoms with Gasteiger partial charge in [-0.25, -0.2) is 18.4 Å². The van der Waals surface area contributed by atoms with Crippen molar-refractivity contribution in [2.75, 3.05) is 12.8 Å². The van der Waals surface area contributed by atoms with Crippen molar-refractivity contribution < 1.29 is 8.42 Å². The van der Waals surface area contributed by atoms with Gasteiger partial charge >= 0.3 is 0 Å². The van der Waals surface area contributed by atoms with Gasteiger partial charge in [-0.3, -0.25) is 0 Å². The summed E-state index contributed by atoms with van der Waals surface area (Å²) in [5.41, 5.74) is 3.91. The van der Waals surface area contributed by atoms with Crippen LogP contribution in [0.5, 0.6) is 0 Å². The molecule has 0 radical (unpaired) electrons. The summed E-state index contributed by atoms with van der Waals surface area (Å²) < 4.78 is 25.5. The van der Waals surface area contributed by atoms with Gasteiger partial charge in [0.15, 0.2) is 0 Å². The normalized spacial score (nSPS) is 19.2. The van der Waals surface area contributed by atoms with Crippen LogP contribution in [0.4, 0.5) is 0 Å². The monoisotopic (exact) mass is 331 g/mol. The Kier molecular flexibility index (Phi) is 4.21. The van der Waals surface area contributed by atoms with E-state index in [4.69, 9.17) is 4.98 Å². The second-order valence-electron chi connectivity index (χ2n) is 6.10. The molecule has 2 aromatic rings. The van der Waals surface area contributed by atoms with E-state index in [1.54, 1.807) is 0 Å². The standard InChI is InChI=1S/C17H21N3O2S/c1-12-7-4-5-8-14(12)15-11-13(2)18-17(19-15)16-9-6-10-20(16)23(3,21)22/h4-5,7-8,11,16H,6,9-10H2,1-3H3. The summed E-state index contributed by atoms with van der Waals surface area (Å²) in [4.78, 5) is 9.21. The molecule has 1 aliphatic heterocycles. The third-order valence-electron chi connectivity index (χ3n) is 4.22. The second kappa shape index (κ2) is 6.02. The molecule has 1 unspecified atom stereocenters. The Morgan fingerprint density at radius 2 is 1.91 bits per heavy atom. The Balaban J connectivity index is 2.07. The molecule has 3 rings (SSSR count). The van der Waals surface area contributed by atoms with Crippen LogP contribution in [-0.2, 0) is 10.0 Å². The van der Waals surface area contributed by atoms with Crippen molar-refractivity contribution in [3.8, 4) is 11.3 Å². The van der Waals surface area contributed by atoms with Gasteiger partial charge in [-0.2, -0.15) is 4.31 Å². The molecule has 0 amide bonds. The zero-order valence-electron chi connectivity index (χ0n) is 13.7. The van der Waals surface area contributed by atoms with Crippen molar-refractivity contribution in [2.24, 2.45) is 0 Å². The van der Waals surface area contributed by atoms with E-state index in [9.17, 15) is 8.42 Å². The molecule has 0 saturated carbocycles. The van der Waals surface area contributed by atoms with Crippen LogP contribution in [0.25, 0.3) is 11.3 Å². The molecule has 1 fully saturated rings. The highest BCUT2D eigenvalue weighted by Crippen LogP contribution is 2.33. The van der Waals surface area contributed by atoms with Gasteiger partial charge in [0, 0.05) is 17.8 Å². The molecule has 5 nitrogen and oxygen atoms in total. The molecule has 1 saturated heterocycles. The Morgan fingerprint density at radius 3 is 2.61 bits per heavy atom. The number of hydrogen-bond donors (Lipinski definition) is 0. The molecule has 0 aliphatic carbocycles. The van der Waals surface area contributed by atoms with Crippen molar-refractivity contribution in [1.29, 1.82) is 0 Å². The van der Waals surface area contributed by atoms with Gasteiger partial charge < -0.3 is 0 Å². The largest absolute Gasteiger partial charge is 0.236 e. The van der Waals surface area contributed by atoms with Crippen molar-refractivity contribution in [2.45, 2.75) is 32.7 Å². The minimum Gasteiger partial charge on any atom is -0.236 e. The van der Waals surface area contributed by atoms with E-state index in [1.165, 1.54) is 10.6 Å². The zero-order valence-corrected chi connectivity index (χ0v) is 14.5. The van der Waals surface area contributed by atoms with E-state index < -0.39 is 10.0 Å². The molecule has 2 heterocycles. The minimum atomic E-state index is -3.25. The first kappa shape index (κ1) is 16.1. The second-order valence-corrected chi connectivity index (χ2v) is 8.03. The van der Waals surface area contributed by atoms with Crippen molar-refractivity contribution >= 4 is 10.0 Å². The average molecular weight is 331 g/mol. The highest BCUT2D eigenvalue weighted by atomic mass is 32.2. The third-order valence-corrected chi connectivity index (χ3v) is 5.51. The first-order valence-corrected chi connectivity index (χ1v) is 9.59. The number of aryl methyl sites for hydroxylation is 2. The fourth-order valence-corrected chi connectivity index (χ4v) is 4.26. The van der Waals surface area contributed by atoms with Crippen LogP contribution in [0.3, 0.4) is 0 Å². The van der Waals surface area contributed by atoms with E-state index in [-0.39, 0.29) is 6.04 Å². The van der Waals surface area contributed by atoms with Crippen LogP contribution in [0.15, 0.2) is 30.3 Å². The summed E-state index contributed by atoms with van der Waals surface area (Å²) in [6.45, 7) is 4.51. The molecule has 0 N–H and O–H groups in total. The Bertz CT molecular complexity index is 833. The summed E-state index contributed by atoms with van der Waals surface area (Å²) in [5.74, 6) is 0.603. The topological polar surface area (TPSA) is 63.2 Å². The molecule has 0 spiro atoms. The maximum atomic E-state index is 12.0. The van der Waals surface area contributed by atoms with E-state index >= 15 is 0 Å². The first-order chi connectivity index (χ1) is 10.9. The molecule has 1 aliphatic rings. The maximum Gasteiger partial charge on any atom is 0.211 e. The maximum absolute atomic E-state index is 12.0. The molecule has 0 bridgehead atoms. The Labute approximate surface area is 137 Å². The number of sulfonamides is 1. The summed E-state index contributed by atoms with van der Waals surface area (Å²) in [5, 5.41) is 0. The van der Waals surface area contributed by atoms with E-state index in [0.717, 1.165) is 35.4 Å². The van der Waals surface area contributed by atoms with Gasteiger partial charge in [0.05, 0.1) is 18.0 Å². The van der Waals surface area contributed by atoms with E-state index in [0.29, 0.717) is 12.4 Å². The predicted molar refractivity (Wildman–Crippen MR) is 90.5 cm³/mol. The lowest BCUT2D eigenvalue weighted by Gasteiger charge is -2.21. The number of rotatable bonds is 3.